The van der Waals surface area contributed by atoms with Gasteiger partial charge in [0.1, 0.15) is 24.7 Å². The van der Waals surface area contributed by atoms with Crippen molar-refractivity contribution < 1.29 is 14.3 Å². The van der Waals surface area contributed by atoms with Crippen LogP contribution in [-0.4, -0.2) is 43.8 Å². The van der Waals surface area contributed by atoms with Crippen LogP contribution in [0.3, 0.4) is 0 Å². The molecule has 0 radical (unpaired) electrons. The Kier molecular flexibility index (Phi) is 5.36. The Labute approximate surface area is 159 Å². The van der Waals surface area contributed by atoms with Crippen molar-refractivity contribution in [1.29, 1.82) is 0 Å². The molecule has 8 heteroatoms. The Morgan fingerprint density at radius 1 is 1.11 bits per heavy atom. The van der Waals surface area contributed by atoms with Crippen molar-refractivity contribution >= 4 is 22.5 Å². The smallest absolute Gasteiger partial charge is 0.209 e. The third kappa shape index (κ3) is 4.47. The van der Waals surface area contributed by atoms with Gasteiger partial charge in [0.15, 0.2) is 0 Å². The van der Waals surface area contributed by atoms with Crippen molar-refractivity contribution in [2.75, 3.05) is 12.4 Å². The number of tetrazole rings is 1. The Balaban J connectivity index is 1.29. The van der Waals surface area contributed by atoms with E-state index >= 15 is 0 Å². The number of aliphatic hydroxyl groups excluding tert-OH is 1. The summed E-state index contributed by atoms with van der Waals surface area (Å²) >= 11 is 1.38. The number of hydrogen-bond donors (Lipinski definition) is 1. The van der Waals surface area contributed by atoms with Crippen molar-refractivity contribution in [3.63, 3.8) is 0 Å². The SMILES string of the molecule is OC(COc1ccc2ccccc2c1)CSc1nnnn1Cc1ccco1. The molecule has 4 rings (SSSR count). The number of benzene rings is 2. The van der Waals surface area contributed by atoms with E-state index in [4.69, 9.17) is 9.15 Å². The summed E-state index contributed by atoms with van der Waals surface area (Å²) in [5, 5.41) is 24.8. The summed E-state index contributed by atoms with van der Waals surface area (Å²) in [6.07, 6.45) is 0.968. The van der Waals surface area contributed by atoms with E-state index in [-0.39, 0.29) is 6.61 Å². The summed E-state index contributed by atoms with van der Waals surface area (Å²) in [7, 11) is 0. The van der Waals surface area contributed by atoms with Crippen molar-refractivity contribution in [3.8, 4) is 5.75 Å². The molecule has 1 unspecified atom stereocenters. The third-order valence-corrected chi connectivity index (χ3v) is 5.05. The van der Waals surface area contributed by atoms with E-state index in [1.54, 1.807) is 10.9 Å². The minimum atomic E-state index is -0.643. The zero-order valence-corrected chi connectivity index (χ0v) is 15.2. The predicted molar refractivity (Wildman–Crippen MR) is 102 cm³/mol. The largest absolute Gasteiger partial charge is 0.491 e. The lowest BCUT2D eigenvalue weighted by Gasteiger charge is -2.12. The fourth-order valence-corrected chi connectivity index (χ4v) is 3.40. The monoisotopic (exact) mass is 382 g/mol. The fraction of sp³-hybridized carbons (Fsp3) is 0.211. The van der Waals surface area contributed by atoms with Crippen LogP contribution >= 0.6 is 11.8 Å². The average Bonchev–Trinajstić information content (AvgIpc) is 3.37. The minimum absolute atomic E-state index is 0.199. The van der Waals surface area contributed by atoms with Gasteiger partial charge in [-0.2, -0.15) is 0 Å². The summed E-state index contributed by atoms with van der Waals surface area (Å²) in [6, 6.07) is 17.7. The van der Waals surface area contributed by atoms with E-state index in [0.717, 1.165) is 22.3 Å². The zero-order valence-electron chi connectivity index (χ0n) is 14.4. The van der Waals surface area contributed by atoms with Gasteiger partial charge >= 0.3 is 0 Å². The molecular weight excluding hydrogens is 364 g/mol. The molecule has 0 bridgehead atoms. The molecule has 0 aliphatic rings. The lowest BCUT2D eigenvalue weighted by Crippen LogP contribution is -2.20. The van der Waals surface area contributed by atoms with Gasteiger partial charge in [0.05, 0.1) is 12.4 Å². The summed E-state index contributed by atoms with van der Waals surface area (Å²) in [6.45, 7) is 0.650. The molecule has 0 fully saturated rings. The second kappa shape index (κ2) is 8.24. The van der Waals surface area contributed by atoms with E-state index in [1.807, 2.05) is 48.5 Å². The lowest BCUT2D eigenvalue weighted by atomic mass is 10.1. The first-order chi connectivity index (χ1) is 13.3. The second-order valence-corrected chi connectivity index (χ2v) is 6.97. The van der Waals surface area contributed by atoms with E-state index in [9.17, 15) is 5.11 Å². The molecule has 4 aromatic rings. The molecular formula is C19H18N4O3S. The van der Waals surface area contributed by atoms with Crippen LogP contribution in [0.15, 0.2) is 70.4 Å². The highest BCUT2D eigenvalue weighted by Gasteiger charge is 2.13. The molecule has 7 nitrogen and oxygen atoms in total. The number of aliphatic hydroxyl groups is 1. The van der Waals surface area contributed by atoms with Crippen LogP contribution in [0, 0.1) is 0 Å². The molecule has 0 amide bonds. The van der Waals surface area contributed by atoms with Gasteiger partial charge in [-0.25, -0.2) is 4.68 Å². The molecule has 0 saturated carbocycles. The van der Waals surface area contributed by atoms with Gasteiger partial charge in [-0.05, 0) is 45.5 Å². The quantitative estimate of drug-likeness (QED) is 0.469. The maximum atomic E-state index is 10.2. The van der Waals surface area contributed by atoms with Crippen LogP contribution in [0.25, 0.3) is 10.8 Å². The molecule has 2 aromatic carbocycles. The standard InChI is InChI=1S/C19H18N4O3S/c24-16(12-26-17-8-7-14-4-1-2-5-15(14)10-17)13-27-19-20-21-22-23(19)11-18-6-3-9-25-18/h1-10,16,24H,11-13H2. The molecule has 1 N–H and O–H groups in total. The van der Waals surface area contributed by atoms with E-state index in [2.05, 4.69) is 21.6 Å². The number of ether oxygens (including phenoxy) is 1. The molecule has 138 valence electrons. The van der Waals surface area contributed by atoms with E-state index < -0.39 is 6.10 Å². The average molecular weight is 382 g/mol. The fourth-order valence-electron chi connectivity index (χ4n) is 2.62. The third-order valence-electron chi connectivity index (χ3n) is 3.95. The highest BCUT2D eigenvalue weighted by molar-refractivity contribution is 7.99. The van der Waals surface area contributed by atoms with Crippen molar-refractivity contribution in [2.24, 2.45) is 0 Å². The number of rotatable bonds is 8. The maximum Gasteiger partial charge on any atom is 0.209 e. The van der Waals surface area contributed by atoms with Crippen LogP contribution in [-0.2, 0) is 6.54 Å². The van der Waals surface area contributed by atoms with E-state index in [0.29, 0.717) is 17.5 Å². The first kappa shape index (κ1) is 17.6. The molecule has 0 aliphatic heterocycles. The molecule has 0 saturated heterocycles. The number of thioether (sulfide) groups is 1. The van der Waals surface area contributed by atoms with Crippen LogP contribution in [0.1, 0.15) is 5.76 Å². The van der Waals surface area contributed by atoms with Crippen LogP contribution < -0.4 is 4.74 Å². The topological polar surface area (TPSA) is 86.2 Å². The van der Waals surface area contributed by atoms with Gasteiger partial charge in [0.2, 0.25) is 5.16 Å². The molecule has 27 heavy (non-hydrogen) atoms. The summed E-state index contributed by atoms with van der Waals surface area (Å²) in [5.74, 6) is 1.93. The molecule has 2 aromatic heterocycles. The molecule has 0 spiro atoms. The molecule has 2 heterocycles. The first-order valence-corrected chi connectivity index (χ1v) is 9.47. The number of fused-ring (bicyclic) bond motifs is 1. The van der Waals surface area contributed by atoms with Crippen molar-refractivity contribution in [3.05, 3.63) is 66.6 Å². The maximum absolute atomic E-state index is 10.2. The van der Waals surface area contributed by atoms with Crippen molar-refractivity contribution in [1.82, 2.24) is 20.2 Å². The second-order valence-electron chi connectivity index (χ2n) is 5.98. The van der Waals surface area contributed by atoms with Gasteiger partial charge in [-0.15, -0.1) is 5.10 Å². The molecule has 1 atom stereocenters. The Morgan fingerprint density at radius 3 is 2.85 bits per heavy atom. The van der Waals surface area contributed by atoms with Gasteiger partial charge in [0.25, 0.3) is 0 Å². The first-order valence-electron chi connectivity index (χ1n) is 8.49. The number of hydrogen-bond acceptors (Lipinski definition) is 7. The summed E-state index contributed by atoms with van der Waals surface area (Å²) in [5.41, 5.74) is 0. The molecule has 0 aliphatic carbocycles. The Morgan fingerprint density at radius 2 is 2.00 bits per heavy atom. The van der Waals surface area contributed by atoms with Crippen LogP contribution in [0.4, 0.5) is 0 Å². The Bertz CT molecular complexity index is 1000. The van der Waals surface area contributed by atoms with Gasteiger partial charge in [-0.3, -0.25) is 0 Å². The van der Waals surface area contributed by atoms with Gasteiger partial charge < -0.3 is 14.3 Å². The number of nitrogens with zero attached hydrogens (tertiary/aromatic N) is 4. The number of furan rings is 1. The van der Waals surface area contributed by atoms with Crippen LogP contribution in [0.2, 0.25) is 0 Å². The van der Waals surface area contributed by atoms with Crippen molar-refractivity contribution in [2.45, 2.75) is 17.8 Å². The highest BCUT2D eigenvalue weighted by Crippen LogP contribution is 2.21. The van der Waals surface area contributed by atoms with Crippen LogP contribution in [0.5, 0.6) is 5.75 Å². The van der Waals surface area contributed by atoms with E-state index in [1.165, 1.54) is 11.8 Å². The zero-order chi connectivity index (χ0) is 18.5. The number of aromatic nitrogens is 4. The minimum Gasteiger partial charge on any atom is -0.491 e. The predicted octanol–water partition coefficient (Wildman–Crippen LogP) is 3.00. The normalized spacial score (nSPS) is 12.3. The highest BCUT2D eigenvalue weighted by atomic mass is 32.2. The summed E-state index contributed by atoms with van der Waals surface area (Å²) in [4.78, 5) is 0. The van der Waals surface area contributed by atoms with Gasteiger partial charge in [-0.1, -0.05) is 42.1 Å². The summed E-state index contributed by atoms with van der Waals surface area (Å²) < 4.78 is 12.7. The Hall–Kier alpha value is -2.84. The van der Waals surface area contributed by atoms with Gasteiger partial charge in [0, 0.05) is 5.75 Å². The lowest BCUT2D eigenvalue weighted by molar-refractivity contribution is 0.126.